The van der Waals surface area contributed by atoms with Crippen LogP contribution < -0.4 is 9.62 Å². The van der Waals surface area contributed by atoms with Crippen molar-refractivity contribution in [2.75, 3.05) is 10.8 Å². The zero-order valence-electron chi connectivity index (χ0n) is 21.1. The summed E-state index contributed by atoms with van der Waals surface area (Å²) in [6.45, 7) is 13.5. The average Bonchev–Trinajstić information content (AvgIpc) is 2.77. The summed E-state index contributed by atoms with van der Waals surface area (Å²) in [6.07, 6.45) is 0. The van der Waals surface area contributed by atoms with Crippen LogP contribution in [0.15, 0.2) is 59.5 Å². The fraction of sp³-hybridized carbons (Fsp3) is 0.321. The van der Waals surface area contributed by atoms with Gasteiger partial charge in [-0.2, -0.15) is 0 Å². The van der Waals surface area contributed by atoms with Crippen molar-refractivity contribution in [3.05, 3.63) is 93.5 Å². The molecule has 34 heavy (non-hydrogen) atoms. The Balaban J connectivity index is 1.96. The number of carbonyl (C=O) groups is 1. The first-order valence-corrected chi connectivity index (χ1v) is 12.9. The molecule has 0 spiro atoms. The van der Waals surface area contributed by atoms with Crippen LogP contribution in [0.25, 0.3) is 0 Å². The van der Waals surface area contributed by atoms with Crippen LogP contribution in [0.1, 0.15) is 51.9 Å². The van der Waals surface area contributed by atoms with E-state index in [4.69, 9.17) is 0 Å². The summed E-state index contributed by atoms with van der Waals surface area (Å²) < 4.78 is 28.6. The number of sulfonamides is 1. The topological polar surface area (TPSA) is 66.5 Å². The number of aryl methyl sites for hydroxylation is 5. The van der Waals surface area contributed by atoms with Crippen molar-refractivity contribution in [1.82, 2.24) is 5.32 Å². The van der Waals surface area contributed by atoms with Crippen molar-refractivity contribution < 1.29 is 13.2 Å². The minimum atomic E-state index is -3.95. The minimum absolute atomic E-state index is 0.157. The maximum atomic E-state index is 13.7. The molecule has 0 bridgehead atoms. The van der Waals surface area contributed by atoms with Crippen LogP contribution in [0.4, 0.5) is 5.69 Å². The van der Waals surface area contributed by atoms with Crippen molar-refractivity contribution in [1.29, 1.82) is 0 Å². The quantitative estimate of drug-likeness (QED) is 0.480. The summed E-state index contributed by atoms with van der Waals surface area (Å²) in [5, 5.41) is 3.01. The molecule has 0 aliphatic carbocycles. The molecule has 1 N–H and O–H groups in total. The molecule has 0 radical (unpaired) electrons. The Morgan fingerprint density at radius 3 is 2.12 bits per heavy atom. The van der Waals surface area contributed by atoms with Crippen LogP contribution in [-0.2, 0) is 14.8 Å². The van der Waals surface area contributed by atoms with Crippen molar-refractivity contribution in [2.24, 2.45) is 0 Å². The van der Waals surface area contributed by atoms with Gasteiger partial charge in [0.25, 0.3) is 10.0 Å². The largest absolute Gasteiger partial charge is 0.348 e. The van der Waals surface area contributed by atoms with Gasteiger partial charge >= 0.3 is 0 Å². The van der Waals surface area contributed by atoms with Crippen molar-refractivity contribution >= 4 is 21.6 Å². The zero-order chi connectivity index (χ0) is 25.2. The van der Waals surface area contributed by atoms with Gasteiger partial charge in [-0.25, -0.2) is 8.42 Å². The summed E-state index contributed by atoms with van der Waals surface area (Å²) >= 11 is 0. The molecule has 0 fully saturated rings. The second kappa shape index (κ2) is 10.0. The first-order valence-electron chi connectivity index (χ1n) is 11.4. The molecule has 0 aliphatic rings. The van der Waals surface area contributed by atoms with Gasteiger partial charge in [-0.15, -0.1) is 0 Å². The molecule has 3 aromatic rings. The van der Waals surface area contributed by atoms with Gasteiger partial charge < -0.3 is 5.32 Å². The molecule has 1 unspecified atom stereocenters. The zero-order valence-corrected chi connectivity index (χ0v) is 21.9. The Bertz CT molecular complexity index is 1310. The van der Waals surface area contributed by atoms with Crippen LogP contribution in [0.3, 0.4) is 0 Å². The highest BCUT2D eigenvalue weighted by Crippen LogP contribution is 2.29. The molecule has 0 heterocycles. The molecule has 0 saturated carbocycles. The molecule has 1 atom stereocenters. The number of hydrogen-bond donors (Lipinski definition) is 1. The smallest absolute Gasteiger partial charge is 0.264 e. The lowest BCUT2D eigenvalue weighted by Crippen LogP contribution is -2.42. The van der Waals surface area contributed by atoms with Crippen LogP contribution in [0.2, 0.25) is 0 Å². The summed E-state index contributed by atoms with van der Waals surface area (Å²) in [5.41, 5.74) is 7.72. The summed E-state index contributed by atoms with van der Waals surface area (Å²) in [6, 6.07) is 16.1. The number of amides is 1. The lowest BCUT2D eigenvalue weighted by molar-refractivity contribution is -0.120. The van der Waals surface area contributed by atoms with Gasteiger partial charge in [0, 0.05) is 0 Å². The highest BCUT2D eigenvalue weighted by Gasteiger charge is 2.29. The Labute approximate surface area is 203 Å². The normalized spacial score (nSPS) is 12.3. The van der Waals surface area contributed by atoms with E-state index in [0.717, 1.165) is 33.4 Å². The Morgan fingerprint density at radius 2 is 1.47 bits per heavy atom. The number of benzene rings is 3. The number of carbonyl (C=O) groups excluding carboxylic acids is 1. The van der Waals surface area contributed by atoms with E-state index in [2.05, 4.69) is 24.4 Å². The van der Waals surface area contributed by atoms with E-state index < -0.39 is 10.0 Å². The molecule has 5 nitrogen and oxygen atoms in total. The van der Waals surface area contributed by atoms with E-state index >= 15 is 0 Å². The van der Waals surface area contributed by atoms with Gasteiger partial charge in [-0.1, -0.05) is 42.0 Å². The Hall–Kier alpha value is -3.12. The van der Waals surface area contributed by atoms with Gasteiger partial charge in [0.2, 0.25) is 5.91 Å². The SMILES string of the molecule is Cc1ccc(S(=O)(=O)N(CC(=O)NC(C)c2cc(C)c(C)cc2C)c2cccc(C)c2C)cc1. The molecule has 0 saturated heterocycles. The van der Waals surface area contributed by atoms with Crippen LogP contribution in [0, 0.1) is 41.5 Å². The average molecular weight is 479 g/mol. The maximum Gasteiger partial charge on any atom is 0.264 e. The molecule has 3 aromatic carbocycles. The van der Waals surface area contributed by atoms with Gasteiger partial charge in [0.1, 0.15) is 6.54 Å². The molecule has 1 amide bonds. The summed E-state index contributed by atoms with van der Waals surface area (Å²) in [5.74, 6) is -0.360. The Kier molecular flexibility index (Phi) is 7.51. The lowest BCUT2D eigenvalue weighted by atomic mass is 9.96. The molecule has 3 rings (SSSR count). The van der Waals surface area contributed by atoms with Crippen LogP contribution in [-0.4, -0.2) is 20.9 Å². The molecular weight excluding hydrogens is 444 g/mol. The van der Waals surface area contributed by atoms with Crippen molar-refractivity contribution in [3.63, 3.8) is 0 Å². The predicted octanol–water partition coefficient (Wildman–Crippen LogP) is 5.61. The molecule has 0 aromatic heterocycles. The first-order chi connectivity index (χ1) is 15.9. The van der Waals surface area contributed by atoms with Gasteiger partial charge in [0.15, 0.2) is 0 Å². The predicted molar refractivity (Wildman–Crippen MR) is 139 cm³/mol. The van der Waals surface area contributed by atoms with Gasteiger partial charge in [-0.05, 0) is 100 Å². The number of rotatable bonds is 7. The van der Waals surface area contributed by atoms with E-state index in [9.17, 15) is 13.2 Å². The minimum Gasteiger partial charge on any atom is -0.348 e. The van der Waals surface area contributed by atoms with E-state index in [1.807, 2.05) is 53.7 Å². The van der Waals surface area contributed by atoms with E-state index in [0.29, 0.717) is 5.69 Å². The Morgan fingerprint density at radius 1 is 0.853 bits per heavy atom. The number of anilines is 1. The van der Waals surface area contributed by atoms with Gasteiger partial charge in [0.05, 0.1) is 16.6 Å². The van der Waals surface area contributed by atoms with E-state index in [1.54, 1.807) is 30.3 Å². The maximum absolute atomic E-state index is 13.7. The van der Waals surface area contributed by atoms with Crippen molar-refractivity contribution in [3.8, 4) is 0 Å². The molecule has 6 heteroatoms. The highest BCUT2D eigenvalue weighted by atomic mass is 32.2. The van der Waals surface area contributed by atoms with Gasteiger partial charge in [-0.3, -0.25) is 9.10 Å². The first kappa shape index (κ1) is 25.5. The number of nitrogens with one attached hydrogen (secondary N) is 1. The number of hydrogen-bond acceptors (Lipinski definition) is 3. The third-order valence-electron chi connectivity index (χ3n) is 6.47. The molecule has 180 valence electrons. The number of nitrogens with zero attached hydrogens (tertiary/aromatic N) is 1. The fourth-order valence-corrected chi connectivity index (χ4v) is 5.57. The third-order valence-corrected chi connectivity index (χ3v) is 8.24. The lowest BCUT2D eigenvalue weighted by Gasteiger charge is -2.27. The second-order valence-corrected chi connectivity index (χ2v) is 11.0. The monoisotopic (exact) mass is 478 g/mol. The third kappa shape index (κ3) is 5.33. The molecule has 0 aliphatic heterocycles. The summed E-state index contributed by atoms with van der Waals surface area (Å²) in [7, 11) is -3.95. The van der Waals surface area contributed by atoms with Crippen LogP contribution >= 0.6 is 0 Å². The fourth-order valence-electron chi connectivity index (χ4n) is 4.09. The highest BCUT2D eigenvalue weighted by molar-refractivity contribution is 7.92. The summed E-state index contributed by atoms with van der Waals surface area (Å²) in [4.78, 5) is 13.3. The standard InChI is InChI=1S/C28H34N2O3S/c1-18-11-13-25(14-12-18)34(32,33)30(27-10-8-9-19(2)23(27)6)17-28(31)29-24(7)26-16-21(4)20(3)15-22(26)5/h8-16,24H,17H2,1-7H3,(H,29,31). The van der Waals surface area contributed by atoms with Crippen LogP contribution in [0.5, 0.6) is 0 Å². The second-order valence-electron chi connectivity index (χ2n) is 9.13. The van der Waals surface area contributed by atoms with Crippen molar-refractivity contribution in [2.45, 2.75) is 59.4 Å². The molecular formula is C28H34N2O3S. The van der Waals surface area contributed by atoms with E-state index in [1.165, 1.54) is 9.87 Å². The van der Waals surface area contributed by atoms with E-state index in [-0.39, 0.29) is 23.4 Å².